The van der Waals surface area contributed by atoms with Crippen LogP contribution in [-0.2, 0) is 15.6 Å². The second-order valence-corrected chi connectivity index (χ2v) is 7.51. The van der Waals surface area contributed by atoms with Gasteiger partial charge in [0.15, 0.2) is 0 Å². The highest BCUT2D eigenvalue weighted by molar-refractivity contribution is 7.89. The zero-order valence-electron chi connectivity index (χ0n) is 11.8. The molecule has 0 aliphatic heterocycles. The highest BCUT2D eigenvalue weighted by atomic mass is 35.5. The first kappa shape index (κ1) is 14.6. The molecule has 2 aromatic rings. The average molecular weight is 326 g/mol. The lowest BCUT2D eigenvalue weighted by Crippen LogP contribution is -2.35. The molecule has 7 heteroatoms. The van der Waals surface area contributed by atoms with Crippen LogP contribution in [-0.4, -0.2) is 18.6 Å². The summed E-state index contributed by atoms with van der Waals surface area (Å²) in [6.07, 6.45) is 1.56. The van der Waals surface area contributed by atoms with E-state index < -0.39 is 15.6 Å². The van der Waals surface area contributed by atoms with Crippen molar-refractivity contribution in [2.24, 2.45) is 0 Å². The Kier molecular flexibility index (Phi) is 3.35. The number of nitrogens with zero attached hydrogens (tertiary/aromatic N) is 1. The first-order valence-corrected chi connectivity index (χ1v) is 8.52. The smallest absolute Gasteiger partial charge is 0.245 e. The third kappa shape index (κ3) is 2.59. The van der Waals surface area contributed by atoms with Crippen molar-refractivity contribution in [3.05, 3.63) is 46.2 Å². The minimum atomic E-state index is -3.61. The monoisotopic (exact) mass is 325 g/mol. The summed E-state index contributed by atoms with van der Waals surface area (Å²) in [5, 5.41) is 7.30. The van der Waals surface area contributed by atoms with Gasteiger partial charge in [0.25, 0.3) is 0 Å². The molecule has 0 atom stereocenters. The van der Waals surface area contributed by atoms with Gasteiger partial charge in [0.05, 0.1) is 16.9 Å². The van der Waals surface area contributed by atoms with Crippen LogP contribution < -0.4 is 4.72 Å². The Labute approximate surface area is 128 Å². The zero-order chi connectivity index (χ0) is 15.3. The summed E-state index contributed by atoms with van der Waals surface area (Å²) in [6.45, 7) is 3.39. The summed E-state index contributed by atoms with van der Waals surface area (Å²) < 4.78 is 28.1. The third-order valence-electron chi connectivity index (χ3n) is 3.81. The van der Waals surface area contributed by atoms with Crippen LogP contribution in [0.1, 0.15) is 29.8 Å². The van der Waals surface area contributed by atoms with Gasteiger partial charge in [-0.15, -0.1) is 0 Å². The molecular formula is C14H16ClN3O2S. The molecule has 0 saturated heterocycles. The van der Waals surface area contributed by atoms with Crippen LogP contribution in [0.5, 0.6) is 0 Å². The fourth-order valence-electron chi connectivity index (χ4n) is 2.59. The van der Waals surface area contributed by atoms with E-state index in [0.717, 1.165) is 18.4 Å². The number of benzene rings is 1. The van der Waals surface area contributed by atoms with Gasteiger partial charge in [0, 0.05) is 5.02 Å². The van der Waals surface area contributed by atoms with Crippen LogP contribution in [0.4, 0.5) is 0 Å². The van der Waals surface area contributed by atoms with Crippen molar-refractivity contribution in [1.82, 2.24) is 14.9 Å². The molecule has 0 radical (unpaired) electrons. The van der Waals surface area contributed by atoms with Crippen LogP contribution in [0.3, 0.4) is 0 Å². The molecule has 0 unspecified atom stereocenters. The molecule has 1 aromatic heterocycles. The summed E-state index contributed by atoms with van der Waals surface area (Å²) in [7, 11) is -3.61. The fraction of sp³-hybridized carbons (Fsp3) is 0.357. The van der Waals surface area contributed by atoms with Gasteiger partial charge >= 0.3 is 0 Å². The Morgan fingerprint density at radius 1 is 1.24 bits per heavy atom. The summed E-state index contributed by atoms with van der Waals surface area (Å²) >= 11 is 5.89. The van der Waals surface area contributed by atoms with Gasteiger partial charge in [-0.1, -0.05) is 23.7 Å². The SMILES string of the molecule is Cc1n[nH]c(C)c1S(=O)(=O)NC1(c2ccc(Cl)cc2)CC1. The maximum atomic E-state index is 12.6. The molecule has 5 nitrogen and oxygen atoms in total. The number of rotatable bonds is 4. The molecular weight excluding hydrogens is 310 g/mol. The number of hydrogen-bond donors (Lipinski definition) is 2. The lowest BCUT2D eigenvalue weighted by molar-refractivity contribution is 0.550. The summed E-state index contributed by atoms with van der Waals surface area (Å²) in [6, 6.07) is 7.29. The predicted molar refractivity (Wildman–Crippen MR) is 80.7 cm³/mol. The summed E-state index contributed by atoms with van der Waals surface area (Å²) in [5.74, 6) is 0. The van der Waals surface area contributed by atoms with Crippen LogP contribution in [0.2, 0.25) is 5.02 Å². The molecule has 2 N–H and O–H groups in total. The topological polar surface area (TPSA) is 74.8 Å². The van der Waals surface area contributed by atoms with Gasteiger partial charge in [0.2, 0.25) is 10.0 Å². The first-order chi connectivity index (χ1) is 9.84. The average Bonchev–Trinajstić information content (AvgIpc) is 3.08. The highest BCUT2D eigenvalue weighted by Gasteiger charge is 2.48. The first-order valence-electron chi connectivity index (χ1n) is 6.66. The number of halogens is 1. The largest absolute Gasteiger partial charge is 0.281 e. The Morgan fingerprint density at radius 2 is 1.86 bits per heavy atom. The van der Waals surface area contributed by atoms with E-state index in [4.69, 9.17) is 11.6 Å². The minimum absolute atomic E-state index is 0.239. The lowest BCUT2D eigenvalue weighted by atomic mass is 10.1. The van der Waals surface area contributed by atoms with Crippen molar-refractivity contribution in [2.45, 2.75) is 37.1 Å². The van der Waals surface area contributed by atoms with Gasteiger partial charge in [0.1, 0.15) is 4.90 Å². The molecule has 1 saturated carbocycles. The van der Waals surface area contributed by atoms with Gasteiger partial charge in [-0.3, -0.25) is 5.10 Å². The molecule has 112 valence electrons. The summed E-state index contributed by atoms with van der Waals surface area (Å²) in [5.41, 5.74) is 1.45. The van der Waals surface area contributed by atoms with Crippen molar-refractivity contribution < 1.29 is 8.42 Å². The summed E-state index contributed by atoms with van der Waals surface area (Å²) in [4.78, 5) is 0.239. The van der Waals surface area contributed by atoms with Crippen LogP contribution >= 0.6 is 11.6 Å². The normalized spacial score (nSPS) is 16.9. The second-order valence-electron chi connectivity index (χ2n) is 5.46. The van der Waals surface area contributed by atoms with Gasteiger partial charge in [-0.2, -0.15) is 5.10 Å². The van der Waals surface area contributed by atoms with E-state index in [1.807, 2.05) is 12.1 Å². The quantitative estimate of drug-likeness (QED) is 0.907. The van der Waals surface area contributed by atoms with Gasteiger partial charge < -0.3 is 0 Å². The van der Waals surface area contributed by atoms with E-state index in [1.54, 1.807) is 26.0 Å². The number of nitrogens with one attached hydrogen (secondary N) is 2. The molecule has 1 heterocycles. The van der Waals surface area contributed by atoms with E-state index >= 15 is 0 Å². The van der Waals surface area contributed by atoms with E-state index in [9.17, 15) is 8.42 Å². The molecule has 1 aromatic carbocycles. The molecule has 0 spiro atoms. The molecule has 0 amide bonds. The van der Waals surface area contributed by atoms with Gasteiger partial charge in [-0.25, -0.2) is 13.1 Å². The van der Waals surface area contributed by atoms with Crippen molar-refractivity contribution in [3.8, 4) is 0 Å². The molecule has 1 fully saturated rings. The number of aromatic nitrogens is 2. The molecule has 0 bridgehead atoms. The van der Waals surface area contributed by atoms with Crippen LogP contribution in [0.15, 0.2) is 29.2 Å². The highest BCUT2D eigenvalue weighted by Crippen LogP contribution is 2.46. The molecule has 1 aliphatic carbocycles. The predicted octanol–water partition coefficient (Wildman–Crippen LogP) is 2.65. The van der Waals surface area contributed by atoms with E-state index in [0.29, 0.717) is 16.4 Å². The minimum Gasteiger partial charge on any atom is -0.281 e. The third-order valence-corrected chi connectivity index (χ3v) is 5.86. The standard InChI is InChI=1S/C14H16ClN3O2S/c1-9-13(10(2)17-16-9)21(19,20)18-14(7-8-14)11-3-5-12(15)6-4-11/h3-6,18H,7-8H2,1-2H3,(H,16,17). The van der Waals surface area contributed by atoms with Crippen molar-refractivity contribution >= 4 is 21.6 Å². The number of aromatic amines is 1. The number of sulfonamides is 1. The lowest BCUT2D eigenvalue weighted by Gasteiger charge is -2.18. The number of hydrogen-bond acceptors (Lipinski definition) is 3. The van der Waals surface area contributed by atoms with Gasteiger partial charge in [-0.05, 0) is 44.4 Å². The zero-order valence-corrected chi connectivity index (χ0v) is 13.3. The number of aryl methyl sites for hydroxylation is 2. The van der Waals surface area contributed by atoms with Crippen molar-refractivity contribution in [1.29, 1.82) is 0 Å². The Balaban J connectivity index is 1.94. The van der Waals surface area contributed by atoms with E-state index in [-0.39, 0.29) is 4.90 Å². The van der Waals surface area contributed by atoms with E-state index in [1.165, 1.54) is 0 Å². The van der Waals surface area contributed by atoms with Crippen LogP contribution in [0.25, 0.3) is 0 Å². The molecule has 1 aliphatic rings. The van der Waals surface area contributed by atoms with Crippen molar-refractivity contribution in [2.75, 3.05) is 0 Å². The fourth-order valence-corrected chi connectivity index (χ4v) is 4.54. The number of H-pyrrole nitrogens is 1. The Bertz CT molecular complexity index is 758. The maximum absolute atomic E-state index is 12.6. The Morgan fingerprint density at radius 3 is 2.33 bits per heavy atom. The Hall–Kier alpha value is -1.37. The van der Waals surface area contributed by atoms with Crippen LogP contribution in [0, 0.1) is 13.8 Å². The molecule has 3 rings (SSSR count). The second kappa shape index (κ2) is 4.83. The van der Waals surface area contributed by atoms with E-state index in [2.05, 4.69) is 14.9 Å². The maximum Gasteiger partial charge on any atom is 0.245 e. The van der Waals surface area contributed by atoms with Crippen molar-refractivity contribution in [3.63, 3.8) is 0 Å². The molecule has 21 heavy (non-hydrogen) atoms.